The van der Waals surface area contributed by atoms with Crippen molar-refractivity contribution in [3.05, 3.63) is 27.7 Å². The Balaban J connectivity index is 0.00000112. The molecule has 0 amide bonds. The Labute approximate surface area is 113 Å². The maximum absolute atomic E-state index is 10.8. The van der Waals surface area contributed by atoms with E-state index in [1.54, 1.807) is 0 Å². The summed E-state index contributed by atoms with van der Waals surface area (Å²) in [5.41, 5.74) is 0.535. The number of aromatic amines is 1. The zero-order valence-corrected chi connectivity index (χ0v) is 11.1. The van der Waals surface area contributed by atoms with Crippen molar-refractivity contribution in [3.63, 3.8) is 0 Å². The van der Waals surface area contributed by atoms with Crippen LogP contribution in [0.4, 0.5) is 0 Å². The first-order chi connectivity index (χ1) is 6.58. The van der Waals surface area contributed by atoms with Crippen LogP contribution in [0.25, 0.3) is 11.1 Å². The van der Waals surface area contributed by atoms with Crippen LogP contribution in [0.3, 0.4) is 0 Å². The van der Waals surface area contributed by atoms with Gasteiger partial charge >= 0.3 is 35.3 Å². The predicted molar refractivity (Wildman–Crippen MR) is 49.0 cm³/mol. The van der Waals surface area contributed by atoms with Crippen molar-refractivity contribution in [2.45, 2.75) is 4.90 Å². The van der Waals surface area contributed by atoms with E-state index in [0.717, 1.165) is 0 Å². The number of benzene rings is 1. The van der Waals surface area contributed by atoms with E-state index in [1.165, 1.54) is 12.1 Å². The Kier molecular flexibility index (Phi) is 4.16. The quantitative estimate of drug-likeness (QED) is 0.472. The molecule has 1 unspecified atom stereocenters. The molecule has 74 valence electrons. The van der Waals surface area contributed by atoms with E-state index in [0.29, 0.717) is 5.52 Å². The number of aromatic nitrogens is 1. The standard InChI is InChI=1S/C7H4ClNO4S.Na/c8-3-1-4-5(13-7(10)9-4)2-6(3)14(11)12;/h1-2H,(H,9,10)(H,11,12);/q;+1/p-1. The van der Waals surface area contributed by atoms with Crippen LogP contribution in [-0.2, 0) is 11.1 Å². The molecule has 0 aliphatic rings. The molecule has 0 aliphatic carbocycles. The van der Waals surface area contributed by atoms with Crippen LogP contribution in [0.15, 0.2) is 26.2 Å². The van der Waals surface area contributed by atoms with E-state index >= 15 is 0 Å². The number of H-pyrrole nitrogens is 1. The van der Waals surface area contributed by atoms with E-state index < -0.39 is 16.8 Å². The summed E-state index contributed by atoms with van der Waals surface area (Å²) in [5.74, 6) is -0.648. The van der Waals surface area contributed by atoms with Gasteiger partial charge in [-0.05, 0) is 23.2 Å². The van der Waals surface area contributed by atoms with Gasteiger partial charge in [-0.2, -0.15) is 0 Å². The first-order valence-electron chi connectivity index (χ1n) is 3.49. The van der Waals surface area contributed by atoms with Crippen molar-refractivity contribution in [3.8, 4) is 0 Å². The van der Waals surface area contributed by atoms with Gasteiger partial charge in [0.15, 0.2) is 5.58 Å². The van der Waals surface area contributed by atoms with Gasteiger partial charge in [0.05, 0.1) is 10.5 Å². The van der Waals surface area contributed by atoms with Gasteiger partial charge in [0.2, 0.25) is 0 Å². The third-order valence-corrected chi connectivity index (χ3v) is 2.77. The number of rotatable bonds is 1. The molecule has 0 bridgehead atoms. The molecule has 1 atom stereocenters. The molecular weight excluding hydrogens is 253 g/mol. The fraction of sp³-hybridized carbons (Fsp3) is 0. The molecule has 1 N–H and O–H groups in total. The predicted octanol–water partition coefficient (Wildman–Crippen LogP) is -1.98. The third-order valence-electron chi connectivity index (χ3n) is 1.65. The molecule has 2 aromatic rings. The van der Waals surface area contributed by atoms with Crippen LogP contribution in [0.5, 0.6) is 0 Å². The first-order valence-corrected chi connectivity index (χ1v) is 4.95. The van der Waals surface area contributed by atoms with E-state index in [1.807, 2.05) is 0 Å². The fourth-order valence-corrected chi connectivity index (χ4v) is 1.85. The van der Waals surface area contributed by atoms with Crippen molar-refractivity contribution in [1.82, 2.24) is 4.98 Å². The van der Waals surface area contributed by atoms with E-state index in [9.17, 15) is 13.6 Å². The number of nitrogens with one attached hydrogen (secondary N) is 1. The fourth-order valence-electron chi connectivity index (χ4n) is 1.08. The molecule has 1 aromatic heterocycles. The van der Waals surface area contributed by atoms with Crippen LogP contribution >= 0.6 is 11.6 Å². The maximum Gasteiger partial charge on any atom is 1.00 e. The van der Waals surface area contributed by atoms with Crippen LogP contribution in [0.2, 0.25) is 5.02 Å². The summed E-state index contributed by atoms with van der Waals surface area (Å²) in [6, 6.07) is 2.52. The molecule has 0 saturated heterocycles. The van der Waals surface area contributed by atoms with Gasteiger partial charge in [-0.15, -0.1) is 0 Å². The van der Waals surface area contributed by atoms with Crippen LogP contribution in [0.1, 0.15) is 0 Å². The molecule has 0 saturated carbocycles. The smallest absolute Gasteiger partial charge is 0.768 e. The zero-order valence-electron chi connectivity index (χ0n) is 7.57. The third kappa shape index (κ3) is 2.52. The Morgan fingerprint density at radius 3 is 2.73 bits per heavy atom. The summed E-state index contributed by atoms with van der Waals surface area (Å²) in [5, 5.41) is 0.0443. The van der Waals surface area contributed by atoms with Crippen molar-refractivity contribution < 1.29 is 42.7 Å². The van der Waals surface area contributed by atoms with Crippen LogP contribution < -0.4 is 35.3 Å². The minimum atomic E-state index is -2.45. The summed E-state index contributed by atoms with van der Waals surface area (Å²) in [4.78, 5) is 13.0. The average molecular weight is 256 g/mol. The van der Waals surface area contributed by atoms with E-state index in [4.69, 9.17) is 11.6 Å². The van der Waals surface area contributed by atoms with Crippen molar-refractivity contribution >= 4 is 33.8 Å². The molecule has 1 heterocycles. The van der Waals surface area contributed by atoms with Gasteiger partial charge in [0.1, 0.15) is 0 Å². The van der Waals surface area contributed by atoms with Crippen molar-refractivity contribution in [1.29, 1.82) is 0 Å². The number of hydrogen-bond acceptors (Lipinski definition) is 4. The summed E-state index contributed by atoms with van der Waals surface area (Å²) >= 11 is 3.21. The summed E-state index contributed by atoms with van der Waals surface area (Å²) in [6.07, 6.45) is 0. The minimum Gasteiger partial charge on any atom is -0.768 e. The molecule has 2 rings (SSSR count). The van der Waals surface area contributed by atoms with Gasteiger partial charge in [-0.3, -0.25) is 9.19 Å². The topological polar surface area (TPSA) is 86.1 Å². The van der Waals surface area contributed by atoms with E-state index in [2.05, 4.69) is 9.40 Å². The first kappa shape index (κ1) is 13.0. The van der Waals surface area contributed by atoms with E-state index in [-0.39, 0.29) is 45.1 Å². The number of halogens is 1. The maximum atomic E-state index is 10.8. The second kappa shape index (κ2) is 4.82. The molecule has 0 fully saturated rings. The summed E-state index contributed by atoms with van der Waals surface area (Å²) in [7, 11) is 0. The van der Waals surface area contributed by atoms with Crippen LogP contribution in [-0.4, -0.2) is 13.7 Å². The zero-order chi connectivity index (χ0) is 10.3. The summed E-state index contributed by atoms with van der Waals surface area (Å²) in [6.45, 7) is 0. The van der Waals surface area contributed by atoms with Gasteiger partial charge in [0.25, 0.3) is 0 Å². The van der Waals surface area contributed by atoms with Crippen LogP contribution in [0, 0.1) is 0 Å². The van der Waals surface area contributed by atoms with Gasteiger partial charge < -0.3 is 8.97 Å². The Morgan fingerprint density at radius 2 is 2.13 bits per heavy atom. The molecule has 8 heteroatoms. The molecule has 0 spiro atoms. The second-order valence-corrected chi connectivity index (χ2v) is 3.84. The van der Waals surface area contributed by atoms with Crippen molar-refractivity contribution in [2.75, 3.05) is 0 Å². The van der Waals surface area contributed by atoms with Gasteiger partial charge in [-0.25, -0.2) is 4.79 Å². The molecular formula is C7H3ClNNaO4S. The SMILES string of the molecule is O=c1[nH]c2cc(Cl)c(S(=O)[O-])cc2o1.[Na+]. The number of fused-ring (bicyclic) bond motifs is 1. The molecule has 5 nitrogen and oxygen atoms in total. The Bertz CT molecular complexity index is 578. The Hall–Kier alpha value is -0.110. The van der Waals surface area contributed by atoms with Gasteiger partial charge in [-0.1, -0.05) is 11.6 Å². The molecule has 15 heavy (non-hydrogen) atoms. The summed E-state index contributed by atoms with van der Waals surface area (Å²) < 4.78 is 26.0. The van der Waals surface area contributed by atoms with Gasteiger partial charge in [0, 0.05) is 4.90 Å². The number of oxazole rings is 1. The molecule has 0 radical (unpaired) electrons. The average Bonchev–Trinajstić information content (AvgIpc) is 2.42. The minimum absolute atomic E-state index is 0. The Morgan fingerprint density at radius 1 is 1.47 bits per heavy atom. The molecule has 1 aromatic carbocycles. The van der Waals surface area contributed by atoms with Crippen molar-refractivity contribution in [2.24, 2.45) is 0 Å². The number of hydrogen-bond donors (Lipinski definition) is 1. The monoisotopic (exact) mass is 255 g/mol. The normalized spacial score (nSPS) is 12.4. The largest absolute Gasteiger partial charge is 1.00 e. The molecule has 0 aliphatic heterocycles. The second-order valence-electron chi connectivity index (χ2n) is 2.53.